The van der Waals surface area contributed by atoms with Crippen molar-refractivity contribution in [3.63, 3.8) is 0 Å². The van der Waals surface area contributed by atoms with E-state index in [-0.39, 0.29) is 22.9 Å². The van der Waals surface area contributed by atoms with Crippen LogP contribution in [0, 0.1) is 20.2 Å². The van der Waals surface area contributed by atoms with Crippen molar-refractivity contribution < 1.29 is 14.6 Å². The Morgan fingerprint density at radius 2 is 1.26 bits per heavy atom. The minimum atomic E-state index is -1.18. The number of benzene rings is 3. The summed E-state index contributed by atoms with van der Waals surface area (Å²) in [5.41, 5.74) is 2.46. The van der Waals surface area contributed by atoms with Gasteiger partial charge in [0.2, 0.25) is 0 Å². The maximum Gasteiger partial charge on any atom is 0.273 e. The lowest BCUT2D eigenvalue weighted by molar-refractivity contribution is -0.384. The summed E-state index contributed by atoms with van der Waals surface area (Å²) >= 11 is 0. The van der Waals surface area contributed by atoms with Crippen LogP contribution in [0.3, 0.4) is 0 Å². The van der Waals surface area contributed by atoms with E-state index in [9.17, 15) is 20.2 Å². The summed E-state index contributed by atoms with van der Waals surface area (Å²) in [4.78, 5) is 32.0. The average Bonchev–Trinajstić information content (AvgIpc) is 2.96. The van der Waals surface area contributed by atoms with Gasteiger partial charge in [0, 0.05) is 35.0 Å². The number of nitro benzene ring substituents is 2. The summed E-state index contributed by atoms with van der Waals surface area (Å²) in [7, 11) is 0. The first-order valence-electron chi connectivity index (χ1n) is 11.7. The summed E-state index contributed by atoms with van der Waals surface area (Å²) in [6.07, 6.45) is 1.66. The van der Waals surface area contributed by atoms with E-state index in [1.54, 1.807) is 24.4 Å². The normalized spacial score (nSPS) is 13.1. The van der Waals surface area contributed by atoms with Gasteiger partial charge in [-0.2, -0.15) is 0 Å². The summed E-state index contributed by atoms with van der Waals surface area (Å²) in [6.45, 7) is 0. The van der Waals surface area contributed by atoms with Gasteiger partial charge in [0.1, 0.15) is 16.9 Å². The van der Waals surface area contributed by atoms with Crippen molar-refractivity contribution in [1.29, 1.82) is 0 Å². The van der Waals surface area contributed by atoms with Crippen LogP contribution >= 0.6 is 0 Å². The summed E-state index contributed by atoms with van der Waals surface area (Å²) in [5.74, 6) is 0.398. The second-order valence-electron chi connectivity index (χ2n) is 8.72. The molecule has 9 heteroatoms. The van der Waals surface area contributed by atoms with E-state index in [0.29, 0.717) is 22.5 Å². The van der Waals surface area contributed by atoms with Crippen LogP contribution in [0.4, 0.5) is 11.4 Å². The Kier molecular flexibility index (Phi) is 5.38. The number of fused-ring (bicyclic) bond motifs is 2. The van der Waals surface area contributed by atoms with Crippen LogP contribution in [0.2, 0.25) is 0 Å². The molecular formula is C29H18N4O5. The molecule has 5 aromatic rings. The number of hydrogen-bond donors (Lipinski definition) is 0. The highest BCUT2D eigenvalue weighted by Crippen LogP contribution is 2.55. The average molecular weight is 502 g/mol. The third-order valence-corrected chi connectivity index (χ3v) is 6.63. The number of hydrogen-bond acceptors (Lipinski definition) is 7. The molecule has 0 fully saturated rings. The highest BCUT2D eigenvalue weighted by Gasteiger charge is 2.48. The molecule has 1 aliphatic heterocycles. The topological polar surface area (TPSA) is 121 Å². The maximum atomic E-state index is 11.6. The predicted octanol–water partition coefficient (Wildman–Crippen LogP) is 6.45. The Labute approximate surface area is 216 Å². The van der Waals surface area contributed by atoms with Gasteiger partial charge in [-0.05, 0) is 36.4 Å². The number of ether oxygens (including phenoxy) is 1. The number of nitro groups is 2. The van der Waals surface area contributed by atoms with Gasteiger partial charge in [-0.3, -0.25) is 30.2 Å². The fourth-order valence-corrected chi connectivity index (χ4v) is 4.98. The zero-order chi connectivity index (χ0) is 26.3. The molecule has 0 N–H and O–H groups in total. The van der Waals surface area contributed by atoms with E-state index >= 15 is 0 Å². The van der Waals surface area contributed by atoms with Crippen molar-refractivity contribution in [2.75, 3.05) is 0 Å². The molecule has 0 spiro atoms. The Bertz CT molecular complexity index is 1640. The third kappa shape index (κ3) is 3.56. The third-order valence-electron chi connectivity index (χ3n) is 6.63. The molecule has 0 saturated carbocycles. The molecule has 0 unspecified atom stereocenters. The van der Waals surface area contributed by atoms with E-state index < -0.39 is 15.3 Å². The van der Waals surface area contributed by atoms with Gasteiger partial charge in [0.15, 0.2) is 0 Å². The molecule has 0 radical (unpaired) electrons. The molecule has 9 nitrogen and oxygen atoms in total. The van der Waals surface area contributed by atoms with Crippen molar-refractivity contribution in [1.82, 2.24) is 9.97 Å². The number of nitrogens with zero attached hydrogens (tertiary/aromatic N) is 4. The largest absolute Gasteiger partial charge is 0.456 e. The smallest absolute Gasteiger partial charge is 0.273 e. The van der Waals surface area contributed by atoms with Crippen molar-refractivity contribution in [3.05, 3.63) is 152 Å². The lowest BCUT2D eigenvalue weighted by atomic mass is 9.67. The van der Waals surface area contributed by atoms with Gasteiger partial charge in [-0.1, -0.05) is 42.5 Å². The molecule has 184 valence electrons. The fraction of sp³-hybridized carbons (Fsp3) is 0.0345. The van der Waals surface area contributed by atoms with Crippen LogP contribution in [0.5, 0.6) is 11.5 Å². The first kappa shape index (κ1) is 23.0. The molecule has 0 aliphatic carbocycles. The lowest BCUT2D eigenvalue weighted by Crippen LogP contribution is -2.36. The van der Waals surface area contributed by atoms with Gasteiger partial charge in [-0.25, -0.2) is 0 Å². The maximum absolute atomic E-state index is 11.6. The summed E-state index contributed by atoms with van der Waals surface area (Å²) in [5, 5.41) is 23.2. The van der Waals surface area contributed by atoms with Gasteiger partial charge < -0.3 is 4.74 Å². The lowest BCUT2D eigenvalue weighted by Gasteiger charge is -2.39. The summed E-state index contributed by atoms with van der Waals surface area (Å²) in [6, 6.07) is 29.6. The highest BCUT2D eigenvalue weighted by atomic mass is 16.6. The van der Waals surface area contributed by atoms with Crippen LogP contribution in [0.1, 0.15) is 22.5 Å². The second kappa shape index (κ2) is 8.90. The van der Waals surface area contributed by atoms with Crippen molar-refractivity contribution in [2.45, 2.75) is 5.41 Å². The van der Waals surface area contributed by atoms with E-state index in [2.05, 4.69) is 0 Å². The predicted molar refractivity (Wildman–Crippen MR) is 139 cm³/mol. The standard InChI is InChI=1S/C29H18N4O5/c34-32(35)20-12-14-22-25(17-20)38-26-18-21(33(36)37)13-15-23(26)29(22,27-10-4-5-16-30-27)28-11-6-9-24(31-28)19-7-2-1-3-8-19/h1-18H. The van der Waals surface area contributed by atoms with Crippen molar-refractivity contribution in [2.24, 2.45) is 0 Å². The molecule has 3 heterocycles. The van der Waals surface area contributed by atoms with Gasteiger partial charge in [-0.15, -0.1) is 0 Å². The van der Waals surface area contributed by atoms with E-state index in [1.165, 1.54) is 24.3 Å². The first-order chi connectivity index (χ1) is 18.5. The molecule has 1 aliphatic rings. The van der Waals surface area contributed by atoms with Crippen LogP contribution < -0.4 is 4.74 Å². The zero-order valence-corrected chi connectivity index (χ0v) is 19.7. The number of aromatic nitrogens is 2. The second-order valence-corrected chi connectivity index (χ2v) is 8.72. The monoisotopic (exact) mass is 502 g/mol. The molecule has 0 saturated heterocycles. The molecule has 0 atom stereocenters. The van der Waals surface area contributed by atoms with Gasteiger partial charge >= 0.3 is 0 Å². The molecule has 6 rings (SSSR count). The molecule has 3 aromatic carbocycles. The zero-order valence-electron chi connectivity index (χ0n) is 19.7. The SMILES string of the molecule is O=[N+]([O-])c1ccc2c(c1)Oc1cc([N+](=O)[O-])ccc1C2(c1ccccn1)c1cccc(-c2ccccc2)n1. The quantitative estimate of drug-likeness (QED) is 0.196. The van der Waals surface area contributed by atoms with Crippen molar-refractivity contribution >= 4 is 11.4 Å². The number of rotatable bonds is 5. The molecular weight excluding hydrogens is 484 g/mol. The van der Waals surface area contributed by atoms with Crippen LogP contribution in [-0.4, -0.2) is 19.8 Å². The molecule has 38 heavy (non-hydrogen) atoms. The van der Waals surface area contributed by atoms with E-state index in [0.717, 1.165) is 11.3 Å². The van der Waals surface area contributed by atoms with Crippen LogP contribution in [0.25, 0.3) is 11.3 Å². The minimum Gasteiger partial charge on any atom is -0.456 e. The fourth-order valence-electron chi connectivity index (χ4n) is 4.98. The Hall–Kier alpha value is -5.44. The van der Waals surface area contributed by atoms with Crippen LogP contribution in [-0.2, 0) is 5.41 Å². The summed E-state index contributed by atoms with van der Waals surface area (Å²) < 4.78 is 6.11. The van der Waals surface area contributed by atoms with E-state index in [1.807, 2.05) is 60.7 Å². The molecule has 2 aromatic heterocycles. The Balaban J connectivity index is 1.73. The van der Waals surface area contributed by atoms with Crippen LogP contribution in [0.15, 0.2) is 109 Å². The highest BCUT2D eigenvalue weighted by molar-refractivity contribution is 5.70. The molecule has 0 bridgehead atoms. The minimum absolute atomic E-state index is 0.168. The Morgan fingerprint density at radius 1 is 0.658 bits per heavy atom. The van der Waals surface area contributed by atoms with Crippen molar-refractivity contribution in [3.8, 4) is 22.8 Å². The van der Waals surface area contributed by atoms with Gasteiger partial charge in [0.25, 0.3) is 11.4 Å². The number of non-ortho nitro benzene ring substituents is 2. The van der Waals surface area contributed by atoms with E-state index in [4.69, 9.17) is 14.7 Å². The first-order valence-corrected chi connectivity index (χ1v) is 11.7. The van der Waals surface area contributed by atoms with Gasteiger partial charge in [0.05, 0.1) is 39.1 Å². The Morgan fingerprint density at radius 3 is 1.84 bits per heavy atom. The number of pyridine rings is 2. The molecule has 0 amide bonds.